The molecule has 0 fully saturated rings. The minimum atomic E-state index is -5.10. The topological polar surface area (TPSA) is 121 Å². The molecule has 0 amide bonds. The molecule has 0 N–H and O–H groups in total. The van der Waals surface area contributed by atoms with E-state index in [-0.39, 0.29) is 28.7 Å². The molecule has 67 heavy (non-hydrogen) atoms. The van der Waals surface area contributed by atoms with E-state index in [0.717, 1.165) is 12.1 Å². The Kier molecular flexibility index (Phi) is 10.4. The van der Waals surface area contributed by atoms with Crippen LogP contribution in [0.4, 0.5) is 26.3 Å². The summed E-state index contributed by atoms with van der Waals surface area (Å²) in [6.45, 7) is 7.05. The third-order valence-corrected chi connectivity index (χ3v) is 11.1. The van der Waals surface area contributed by atoms with E-state index in [1.165, 1.54) is 6.07 Å². The maximum atomic E-state index is 14.5. The fourth-order valence-corrected chi connectivity index (χ4v) is 8.20. The summed E-state index contributed by atoms with van der Waals surface area (Å²) in [5, 5.41) is 1.34. The molecule has 330 valence electrons. The molecule has 4 aromatic heterocycles. The molecule has 0 bridgehead atoms. The summed E-state index contributed by atoms with van der Waals surface area (Å²) in [4.78, 5) is 41.6. The summed E-state index contributed by atoms with van der Waals surface area (Å²) < 4.78 is 88.9. The van der Waals surface area contributed by atoms with Gasteiger partial charge in [0, 0.05) is 44.2 Å². The Labute approximate surface area is 378 Å². The number of halogens is 6. The SMILES string of the molecule is Cc1nc(C)nc(-c2ccc3c(c2)c2cc(-c4nc(C)nc(C)n4)ccc2n3-c2cc(-c3nc(-c4ccccc4)nc(-c4ccccc4)n3)ccc2-c2cc(C(F)(F)F)cc(C(F)(F)F)c2)n1. The largest absolute Gasteiger partial charge is 0.416 e. The highest BCUT2D eigenvalue weighted by Crippen LogP contribution is 2.44. The summed E-state index contributed by atoms with van der Waals surface area (Å²) in [7, 11) is 0. The standard InChI is InChI=1S/C51H34F6N10/c1-27-58-28(2)61-47(60-27)33-16-19-42-40(23-33)41-24-34(48-62-29(3)59-30(4)63-48)17-20-43(41)67(42)44-25-35(15-18-39(44)36-21-37(50(52,53)54)26-38(22-36)51(55,56)57)49-65-45(31-11-7-5-8-12-31)64-46(66-49)32-13-9-6-10-14-32/h5-26H,1-4H3. The van der Waals surface area contributed by atoms with Gasteiger partial charge in [-0.25, -0.2) is 44.9 Å². The molecule has 16 heteroatoms. The first-order valence-electron chi connectivity index (χ1n) is 20.8. The van der Waals surface area contributed by atoms with Crippen molar-refractivity contribution in [1.82, 2.24) is 49.4 Å². The summed E-state index contributed by atoms with van der Waals surface area (Å²) in [6.07, 6.45) is -10.2. The number of alkyl halides is 6. The van der Waals surface area contributed by atoms with Gasteiger partial charge in [0.2, 0.25) is 0 Å². The van der Waals surface area contributed by atoms with Crippen molar-refractivity contribution in [2.24, 2.45) is 0 Å². The maximum Gasteiger partial charge on any atom is 0.416 e. The van der Waals surface area contributed by atoms with Crippen LogP contribution < -0.4 is 0 Å². The molecule has 0 unspecified atom stereocenters. The molecule has 4 heterocycles. The average Bonchev–Trinajstić information content (AvgIpc) is 3.63. The lowest BCUT2D eigenvalue weighted by Gasteiger charge is -2.19. The number of hydrogen-bond acceptors (Lipinski definition) is 9. The van der Waals surface area contributed by atoms with Crippen molar-refractivity contribution in [1.29, 1.82) is 0 Å². The normalized spacial score (nSPS) is 12.0. The molecule has 6 aromatic carbocycles. The number of benzene rings is 6. The Morgan fingerprint density at radius 1 is 0.343 bits per heavy atom. The molecule has 0 saturated heterocycles. The lowest BCUT2D eigenvalue weighted by atomic mass is 9.96. The summed E-state index contributed by atoms with van der Waals surface area (Å²) in [5.74, 6) is 3.80. The molecule has 0 saturated carbocycles. The number of hydrogen-bond donors (Lipinski definition) is 0. The van der Waals surface area contributed by atoms with Gasteiger partial charge in [-0.2, -0.15) is 26.3 Å². The minimum Gasteiger partial charge on any atom is -0.309 e. The molecule has 10 nitrogen and oxygen atoms in total. The molecule has 0 aliphatic carbocycles. The lowest BCUT2D eigenvalue weighted by Crippen LogP contribution is -2.11. The number of rotatable bonds is 7. The van der Waals surface area contributed by atoms with E-state index >= 15 is 0 Å². The van der Waals surface area contributed by atoms with Gasteiger partial charge in [-0.3, -0.25) is 0 Å². The fourth-order valence-electron chi connectivity index (χ4n) is 8.20. The third kappa shape index (κ3) is 8.33. The number of aryl methyl sites for hydroxylation is 4. The first-order valence-corrected chi connectivity index (χ1v) is 20.8. The smallest absolute Gasteiger partial charge is 0.309 e. The van der Waals surface area contributed by atoms with Gasteiger partial charge < -0.3 is 4.57 Å². The molecule has 10 rings (SSSR count). The zero-order chi connectivity index (χ0) is 46.8. The van der Waals surface area contributed by atoms with Crippen LogP contribution in [0.5, 0.6) is 0 Å². The van der Waals surface area contributed by atoms with Crippen LogP contribution in [0.15, 0.2) is 133 Å². The molecule has 0 aliphatic rings. The molecular weight excluding hydrogens is 867 g/mol. The first kappa shape index (κ1) is 42.7. The van der Waals surface area contributed by atoms with Crippen LogP contribution in [0.2, 0.25) is 0 Å². The van der Waals surface area contributed by atoms with Crippen LogP contribution in [-0.4, -0.2) is 49.4 Å². The van der Waals surface area contributed by atoms with Gasteiger partial charge >= 0.3 is 12.4 Å². The van der Waals surface area contributed by atoms with Crippen molar-refractivity contribution in [2.45, 2.75) is 40.0 Å². The first-order chi connectivity index (χ1) is 32.1. The molecule has 0 atom stereocenters. The summed E-state index contributed by atoms with van der Waals surface area (Å²) >= 11 is 0. The second kappa shape index (κ2) is 16.3. The van der Waals surface area contributed by atoms with E-state index in [4.69, 9.17) is 15.0 Å². The summed E-state index contributed by atoms with van der Waals surface area (Å²) in [5.41, 5.74) is 1.32. The van der Waals surface area contributed by atoms with Crippen LogP contribution in [-0.2, 0) is 12.4 Å². The zero-order valence-corrected chi connectivity index (χ0v) is 35.9. The van der Waals surface area contributed by atoms with Gasteiger partial charge in [0.1, 0.15) is 23.3 Å². The Balaban J connectivity index is 1.30. The number of fused-ring (bicyclic) bond motifs is 3. The van der Waals surface area contributed by atoms with Gasteiger partial charge in [-0.05, 0) is 93.9 Å². The summed E-state index contributed by atoms with van der Waals surface area (Å²) in [6, 6.07) is 36.0. The Bertz CT molecular complexity index is 3320. The molecule has 0 spiro atoms. The van der Waals surface area contributed by atoms with Gasteiger partial charge in [-0.15, -0.1) is 0 Å². The fraction of sp³-hybridized carbons (Fsp3) is 0.118. The van der Waals surface area contributed by atoms with E-state index in [1.54, 1.807) is 39.8 Å². The number of aromatic nitrogens is 10. The Morgan fingerprint density at radius 3 is 1.13 bits per heavy atom. The Hall–Kier alpha value is -8.27. The lowest BCUT2D eigenvalue weighted by molar-refractivity contribution is -0.143. The van der Waals surface area contributed by atoms with E-state index in [2.05, 4.69) is 29.9 Å². The van der Waals surface area contributed by atoms with Gasteiger partial charge in [0.15, 0.2) is 29.1 Å². The van der Waals surface area contributed by atoms with Crippen LogP contribution in [0.25, 0.3) is 95.6 Å². The third-order valence-electron chi connectivity index (χ3n) is 11.1. The second-order valence-electron chi connectivity index (χ2n) is 15.9. The van der Waals surface area contributed by atoms with Crippen LogP contribution in [0.1, 0.15) is 34.4 Å². The van der Waals surface area contributed by atoms with Crippen molar-refractivity contribution in [3.8, 4) is 73.8 Å². The Morgan fingerprint density at radius 2 is 0.716 bits per heavy atom. The van der Waals surface area contributed by atoms with Crippen molar-refractivity contribution < 1.29 is 26.3 Å². The van der Waals surface area contributed by atoms with Crippen LogP contribution in [0, 0.1) is 27.7 Å². The molecular formula is C51H34F6N10. The predicted octanol–water partition coefficient (Wildman–Crippen LogP) is 12.6. The van der Waals surface area contributed by atoms with Gasteiger partial charge in [0.05, 0.1) is 27.8 Å². The molecule has 10 aromatic rings. The predicted molar refractivity (Wildman–Crippen MR) is 243 cm³/mol. The van der Waals surface area contributed by atoms with Crippen molar-refractivity contribution in [3.05, 3.63) is 168 Å². The molecule has 0 aliphatic heterocycles. The van der Waals surface area contributed by atoms with E-state index in [9.17, 15) is 26.3 Å². The van der Waals surface area contributed by atoms with Crippen molar-refractivity contribution >= 4 is 21.8 Å². The highest BCUT2D eigenvalue weighted by atomic mass is 19.4. The van der Waals surface area contributed by atoms with Crippen molar-refractivity contribution in [3.63, 3.8) is 0 Å². The quantitative estimate of drug-likeness (QED) is 0.144. The highest BCUT2D eigenvalue weighted by molar-refractivity contribution is 6.12. The van der Waals surface area contributed by atoms with Gasteiger partial charge in [0.25, 0.3) is 0 Å². The van der Waals surface area contributed by atoms with Crippen LogP contribution >= 0.6 is 0 Å². The number of nitrogens with zero attached hydrogens (tertiary/aromatic N) is 10. The monoisotopic (exact) mass is 900 g/mol. The van der Waals surface area contributed by atoms with Gasteiger partial charge in [-0.1, -0.05) is 72.8 Å². The van der Waals surface area contributed by atoms with E-state index in [1.807, 2.05) is 102 Å². The zero-order valence-electron chi connectivity index (χ0n) is 35.9. The second-order valence-corrected chi connectivity index (χ2v) is 15.9. The average molecular weight is 901 g/mol. The molecule has 0 radical (unpaired) electrons. The van der Waals surface area contributed by atoms with E-state index in [0.29, 0.717) is 96.2 Å². The van der Waals surface area contributed by atoms with E-state index < -0.39 is 23.5 Å². The highest BCUT2D eigenvalue weighted by Gasteiger charge is 2.37. The maximum absolute atomic E-state index is 14.5. The minimum absolute atomic E-state index is 0.0698. The van der Waals surface area contributed by atoms with Crippen molar-refractivity contribution in [2.75, 3.05) is 0 Å². The van der Waals surface area contributed by atoms with Crippen LogP contribution in [0.3, 0.4) is 0 Å².